The van der Waals surface area contributed by atoms with E-state index in [1.165, 1.54) is 5.56 Å². The molecule has 3 heteroatoms. The van der Waals surface area contributed by atoms with Crippen LogP contribution in [0.4, 0.5) is 4.39 Å². The van der Waals surface area contributed by atoms with Gasteiger partial charge >= 0.3 is 0 Å². The third kappa shape index (κ3) is 3.75. The van der Waals surface area contributed by atoms with Gasteiger partial charge < -0.3 is 10.5 Å². The summed E-state index contributed by atoms with van der Waals surface area (Å²) >= 11 is 0. The molecule has 1 rings (SSSR count). The summed E-state index contributed by atoms with van der Waals surface area (Å²) in [6.45, 7) is 1.63. The molecule has 1 aromatic carbocycles. The fraction of sp³-hybridized carbons (Fsp3) is 0.455. The Morgan fingerprint density at radius 2 is 2.00 bits per heavy atom. The zero-order chi connectivity index (χ0) is 10.4. The van der Waals surface area contributed by atoms with Crippen molar-refractivity contribution in [2.24, 2.45) is 5.73 Å². The van der Waals surface area contributed by atoms with Crippen LogP contribution in [0.15, 0.2) is 24.3 Å². The smallest absolute Gasteiger partial charge is 0.123 e. The van der Waals surface area contributed by atoms with Gasteiger partial charge in [-0.15, -0.1) is 0 Å². The molecule has 0 aliphatic rings. The van der Waals surface area contributed by atoms with Crippen molar-refractivity contribution in [2.75, 3.05) is 13.3 Å². The fourth-order valence-corrected chi connectivity index (χ4v) is 1.25. The first-order valence-corrected chi connectivity index (χ1v) is 4.75. The highest BCUT2D eigenvalue weighted by Gasteiger charge is 1.98. The fourth-order valence-electron chi connectivity index (χ4n) is 1.25. The molecule has 14 heavy (non-hydrogen) atoms. The van der Waals surface area contributed by atoms with Crippen molar-refractivity contribution in [1.82, 2.24) is 0 Å². The minimum absolute atomic E-state index is 0.118. The Hall–Kier alpha value is -1.09. The second-order valence-corrected chi connectivity index (χ2v) is 3.36. The highest BCUT2D eigenvalue weighted by atomic mass is 19.1. The number of alkyl halides is 1. The Morgan fingerprint density at radius 1 is 1.36 bits per heavy atom. The molecule has 0 bridgehead atoms. The largest absolute Gasteiger partial charge is 0.491 e. The van der Waals surface area contributed by atoms with Crippen LogP contribution >= 0.6 is 0 Å². The molecule has 0 saturated heterocycles. The van der Waals surface area contributed by atoms with Crippen LogP contribution < -0.4 is 10.5 Å². The average Bonchev–Trinajstić information content (AvgIpc) is 2.16. The normalized spacial score (nSPS) is 12.5. The van der Waals surface area contributed by atoms with Crippen LogP contribution in [0.3, 0.4) is 0 Å². The summed E-state index contributed by atoms with van der Waals surface area (Å²) in [7, 11) is 0. The van der Waals surface area contributed by atoms with Crippen LogP contribution in [0.2, 0.25) is 0 Å². The molecule has 0 heterocycles. The third-order valence-corrected chi connectivity index (χ3v) is 1.83. The van der Waals surface area contributed by atoms with Crippen molar-refractivity contribution in [3.63, 3.8) is 0 Å². The summed E-state index contributed by atoms with van der Waals surface area (Å²) in [4.78, 5) is 0. The van der Waals surface area contributed by atoms with Crippen LogP contribution in [0.5, 0.6) is 5.75 Å². The predicted molar refractivity (Wildman–Crippen MR) is 55.3 cm³/mol. The number of benzene rings is 1. The number of hydrogen-bond donors (Lipinski definition) is 1. The molecule has 1 atom stereocenters. The molecular formula is C11H16FNO. The molecule has 0 aliphatic carbocycles. The number of hydrogen-bond acceptors (Lipinski definition) is 2. The highest BCUT2D eigenvalue weighted by molar-refractivity contribution is 5.27. The van der Waals surface area contributed by atoms with Crippen LogP contribution in [-0.2, 0) is 6.42 Å². The lowest BCUT2D eigenvalue weighted by Crippen LogP contribution is -2.17. The number of rotatable bonds is 5. The second kappa shape index (κ2) is 5.60. The van der Waals surface area contributed by atoms with Gasteiger partial charge in [0.1, 0.15) is 19.0 Å². The molecule has 0 fully saturated rings. The van der Waals surface area contributed by atoms with E-state index in [9.17, 15) is 4.39 Å². The quantitative estimate of drug-likeness (QED) is 0.782. The molecule has 2 nitrogen and oxygen atoms in total. The summed E-state index contributed by atoms with van der Waals surface area (Å²) in [6, 6.07) is 7.75. The third-order valence-electron chi connectivity index (χ3n) is 1.83. The van der Waals surface area contributed by atoms with E-state index in [-0.39, 0.29) is 12.6 Å². The van der Waals surface area contributed by atoms with Crippen LogP contribution in [0.25, 0.3) is 0 Å². The van der Waals surface area contributed by atoms with Gasteiger partial charge in [0, 0.05) is 6.04 Å². The lowest BCUT2D eigenvalue weighted by atomic mass is 10.1. The standard InChI is InChI=1S/C11H16FNO/c1-9(13)8-10-2-4-11(5-3-10)14-7-6-12/h2-5,9H,6-8,13H2,1H3. The predicted octanol–water partition coefficient (Wildman–Crippen LogP) is 1.92. The Bertz CT molecular complexity index is 258. The monoisotopic (exact) mass is 197 g/mol. The van der Waals surface area contributed by atoms with Crippen molar-refractivity contribution >= 4 is 0 Å². The highest BCUT2D eigenvalue weighted by Crippen LogP contribution is 2.12. The van der Waals surface area contributed by atoms with Gasteiger partial charge in [0.25, 0.3) is 0 Å². The zero-order valence-electron chi connectivity index (χ0n) is 8.37. The van der Waals surface area contributed by atoms with E-state index in [0.29, 0.717) is 5.75 Å². The first kappa shape index (κ1) is 11.0. The molecule has 0 saturated carbocycles. The Morgan fingerprint density at radius 3 is 2.50 bits per heavy atom. The Balaban J connectivity index is 2.50. The summed E-state index contributed by atoms with van der Waals surface area (Å²) in [5, 5.41) is 0. The maximum atomic E-state index is 11.8. The number of halogens is 1. The van der Waals surface area contributed by atoms with Crippen molar-refractivity contribution in [3.05, 3.63) is 29.8 Å². The first-order chi connectivity index (χ1) is 6.72. The second-order valence-electron chi connectivity index (χ2n) is 3.36. The molecule has 1 unspecified atom stereocenters. The average molecular weight is 197 g/mol. The van der Waals surface area contributed by atoms with Crippen LogP contribution in [0, 0.1) is 0 Å². The van der Waals surface area contributed by atoms with Gasteiger partial charge in [-0.3, -0.25) is 0 Å². The molecule has 0 amide bonds. The first-order valence-electron chi connectivity index (χ1n) is 4.75. The van der Waals surface area contributed by atoms with Crippen LogP contribution in [0.1, 0.15) is 12.5 Å². The number of ether oxygens (including phenoxy) is 1. The van der Waals surface area contributed by atoms with E-state index in [1.807, 2.05) is 31.2 Å². The van der Waals surface area contributed by atoms with E-state index >= 15 is 0 Å². The molecule has 78 valence electrons. The minimum Gasteiger partial charge on any atom is -0.491 e. The van der Waals surface area contributed by atoms with Crippen molar-refractivity contribution in [1.29, 1.82) is 0 Å². The minimum atomic E-state index is -0.457. The van der Waals surface area contributed by atoms with E-state index in [0.717, 1.165) is 6.42 Å². The summed E-state index contributed by atoms with van der Waals surface area (Å²) in [6.07, 6.45) is 0.851. The number of nitrogens with two attached hydrogens (primary N) is 1. The Labute approximate surface area is 83.9 Å². The van der Waals surface area contributed by atoms with E-state index < -0.39 is 6.67 Å². The topological polar surface area (TPSA) is 35.2 Å². The van der Waals surface area contributed by atoms with Gasteiger partial charge in [-0.2, -0.15) is 0 Å². The van der Waals surface area contributed by atoms with E-state index in [4.69, 9.17) is 10.5 Å². The van der Waals surface area contributed by atoms with Crippen LogP contribution in [-0.4, -0.2) is 19.3 Å². The van der Waals surface area contributed by atoms with Crippen molar-refractivity contribution in [3.8, 4) is 5.75 Å². The van der Waals surface area contributed by atoms with Gasteiger partial charge in [0.15, 0.2) is 0 Å². The summed E-state index contributed by atoms with van der Waals surface area (Å²) < 4.78 is 16.9. The lowest BCUT2D eigenvalue weighted by molar-refractivity contribution is 0.273. The van der Waals surface area contributed by atoms with Gasteiger partial charge in [0.2, 0.25) is 0 Å². The van der Waals surface area contributed by atoms with Crippen molar-refractivity contribution in [2.45, 2.75) is 19.4 Å². The maximum absolute atomic E-state index is 11.8. The molecule has 1 aromatic rings. The molecular weight excluding hydrogens is 181 g/mol. The summed E-state index contributed by atoms with van der Waals surface area (Å²) in [5.41, 5.74) is 6.84. The molecule has 0 spiro atoms. The molecule has 0 aromatic heterocycles. The maximum Gasteiger partial charge on any atom is 0.123 e. The van der Waals surface area contributed by atoms with E-state index in [1.54, 1.807) is 0 Å². The lowest BCUT2D eigenvalue weighted by Gasteiger charge is -2.07. The summed E-state index contributed by atoms with van der Waals surface area (Å²) in [5.74, 6) is 0.705. The van der Waals surface area contributed by atoms with Gasteiger partial charge in [-0.25, -0.2) is 4.39 Å². The SMILES string of the molecule is CC(N)Cc1ccc(OCCF)cc1. The zero-order valence-corrected chi connectivity index (χ0v) is 8.37. The van der Waals surface area contributed by atoms with Crippen molar-refractivity contribution < 1.29 is 9.13 Å². The molecule has 2 N–H and O–H groups in total. The Kier molecular flexibility index (Phi) is 4.40. The van der Waals surface area contributed by atoms with Gasteiger partial charge in [0.05, 0.1) is 0 Å². The van der Waals surface area contributed by atoms with Gasteiger partial charge in [-0.05, 0) is 31.0 Å². The van der Waals surface area contributed by atoms with E-state index in [2.05, 4.69) is 0 Å². The molecule has 0 aliphatic heterocycles. The molecule has 0 radical (unpaired) electrons. The van der Waals surface area contributed by atoms with Gasteiger partial charge in [-0.1, -0.05) is 12.1 Å².